The summed E-state index contributed by atoms with van der Waals surface area (Å²) in [6, 6.07) is 9.32. The van der Waals surface area contributed by atoms with E-state index in [1.807, 2.05) is 30.3 Å². The third-order valence-electron chi connectivity index (χ3n) is 11.6. The van der Waals surface area contributed by atoms with E-state index in [1.165, 1.54) is 50.5 Å². The minimum Gasteiger partial charge on any atom is -0.458 e. The van der Waals surface area contributed by atoms with Gasteiger partial charge in [0.15, 0.2) is 0 Å². The van der Waals surface area contributed by atoms with Crippen LogP contribution in [0, 0.1) is 46.3 Å². The molecule has 204 valence electrons. The number of esters is 1. The van der Waals surface area contributed by atoms with Crippen LogP contribution in [0.4, 0.5) is 0 Å². The summed E-state index contributed by atoms with van der Waals surface area (Å²) < 4.78 is 5.95. The standard InChI is InChI=1S/C34H50O3/c1-22(2)10-9-11-23(3)27-14-15-28-31-29(17-19-34(27,28)5)33(4)18-16-26(20-25(33)21-30(31)35)37-32(36)24-12-7-6-8-13-24/h6-8,12-13,21-23,26-31,35H,9-11,14-20H2,1-5H3/t23?,26?,27?,28?,29?,30?,31?,33-,34+/m0/s1. The zero-order chi connectivity index (χ0) is 26.4. The largest absolute Gasteiger partial charge is 0.458 e. The van der Waals surface area contributed by atoms with Crippen molar-refractivity contribution in [3.05, 3.63) is 47.5 Å². The topological polar surface area (TPSA) is 46.5 Å². The number of fused-ring (bicyclic) bond motifs is 5. The van der Waals surface area contributed by atoms with Crippen LogP contribution in [0.3, 0.4) is 0 Å². The number of hydrogen-bond donors (Lipinski definition) is 1. The molecule has 0 bridgehead atoms. The number of rotatable bonds is 7. The van der Waals surface area contributed by atoms with E-state index in [1.54, 1.807) is 0 Å². The lowest BCUT2D eigenvalue weighted by molar-refractivity contribution is -0.0978. The molecule has 0 aromatic heterocycles. The minimum atomic E-state index is -0.365. The van der Waals surface area contributed by atoms with E-state index in [0.717, 1.165) is 37.0 Å². The number of aliphatic hydroxyl groups is 1. The third-order valence-corrected chi connectivity index (χ3v) is 11.6. The molecule has 3 nitrogen and oxygen atoms in total. The fourth-order valence-corrected chi connectivity index (χ4v) is 9.53. The summed E-state index contributed by atoms with van der Waals surface area (Å²) in [5, 5.41) is 11.6. The number of carbonyl (C=O) groups excluding carboxylic acids is 1. The van der Waals surface area contributed by atoms with Gasteiger partial charge < -0.3 is 9.84 Å². The van der Waals surface area contributed by atoms with Gasteiger partial charge in [0.2, 0.25) is 0 Å². The first-order chi connectivity index (χ1) is 17.6. The Bertz CT molecular complexity index is 982. The summed E-state index contributed by atoms with van der Waals surface area (Å²) in [4.78, 5) is 12.7. The van der Waals surface area contributed by atoms with E-state index < -0.39 is 0 Å². The molecule has 4 aliphatic carbocycles. The molecule has 4 aliphatic rings. The number of benzene rings is 1. The monoisotopic (exact) mass is 506 g/mol. The first-order valence-electron chi connectivity index (χ1n) is 15.3. The van der Waals surface area contributed by atoms with Crippen molar-refractivity contribution in [1.29, 1.82) is 0 Å². The smallest absolute Gasteiger partial charge is 0.338 e. The van der Waals surface area contributed by atoms with Crippen LogP contribution in [-0.4, -0.2) is 23.3 Å². The average Bonchev–Trinajstić information content (AvgIpc) is 3.22. The van der Waals surface area contributed by atoms with Crippen molar-refractivity contribution in [2.45, 2.75) is 111 Å². The second-order valence-corrected chi connectivity index (χ2v) is 14.1. The predicted octanol–water partition coefficient (Wildman–Crippen LogP) is 8.22. The van der Waals surface area contributed by atoms with Crippen LogP contribution in [0.5, 0.6) is 0 Å². The molecule has 0 spiro atoms. The van der Waals surface area contributed by atoms with Gasteiger partial charge in [0.25, 0.3) is 0 Å². The molecule has 0 radical (unpaired) electrons. The highest BCUT2D eigenvalue weighted by molar-refractivity contribution is 5.89. The van der Waals surface area contributed by atoms with Gasteiger partial charge in [-0.15, -0.1) is 0 Å². The Morgan fingerprint density at radius 3 is 2.49 bits per heavy atom. The van der Waals surface area contributed by atoms with Gasteiger partial charge in [0.05, 0.1) is 11.7 Å². The normalized spacial score (nSPS) is 39.8. The fraction of sp³-hybridized carbons (Fsp3) is 0.735. The Morgan fingerprint density at radius 2 is 1.76 bits per heavy atom. The third kappa shape index (κ3) is 4.95. The van der Waals surface area contributed by atoms with Crippen LogP contribution in [0.25, 0.3) is 0 Å². The molecular formula is C34H50O3. The first kappa shape index (κ1) is 27.0. The van der Waals surface area contributed by atoms with Crippen molar-refractivity contribution in [2.24, 2.45) is 46.3 Å². The summed E-state index contributed by atoms with van der Waals surface area (Å²) in [5.41, 5.74) is 2.46. The lowest BCUT2D eigenvalue weighted by Gasteiger charge is -2.59. The summed E-state index contributed by atoms with van der Waals surface area (Å²) in [5.74, 6) is 3.70. The highest BCUT2D eigenvalue weighted by Crippen LogP contribution is 2.67. The lowest BCUT2D eigenvalue weighted by atomic mass is 9.46. The molecule has 3 heteroatoms. The van der Waals surface area contributed by atoms with E-state index in [9.17, 15) is 9.90 Å². The summed E-state index contributed by atoms with van der Waals surface area (Å²) in [7, 11) is 0. The van der Waals surface area contributed by atoms with Crippen molar-refractivity contribution in [1.82, 2.24) is 0 Å². The Hall–Kier alpha value is -1.61. The molecule has 1 aromatic carbocycles. The molecule has 3 saturated carbocycles. The number of hydrogen-bond acceptors (Lipinski definition) is 3. The second kappa shape index (κ2) is 10.5. The predicted molar refractivity (Wildman–Crippen MR) is 150 cm³/mol. The van der Waals surface area contributed by atoms with Crippen molar-refractivity contribution in [3.8, 4) is 0 Å². The van der Waals surface area contributed by atoms with Crippen molar-refractivity contribution in [2.75, 3.05) is 0 Å². The van der Waals surface area contributed by atoms with Crippen molar-refractivity contribution in [3.63, 3.8) is 0 Å². The quantitative estimate of drug-likeness (QED) is 0.299. The van der Waals surface area contributed by atoms with Gasteiger partial charge in [-0.05, 0) is 97.0 Å². The number of carbonyl (C=O) groups is 1. The summed E-state index contributed by atoms with van der Waals surface area (Å²) >= 11 is 0. The molecule has 0 aliphatic heterocycles. The zero-order valence-corrected chi connectivity index (χ0v) is 23.9. The van der Waals surface area contributed by atoms with Gasteiger partial charge in [0, 0.05) is 6.42 Å². The summed E-state index contributed by atoms with van der Waals surface area (Å²) in [6.45, 7) is 12.2. The molecule has 9 atom stereocenters. The molecule has 0 saturated heterocycles. The molecule has 0 amide bonds. The summed E-state index contributed by atoms with van der Waals surface area (Å²) in [6.07, 6.45) is 13.7. The fourth-order valence-electron chi connectivity index (χ4n) is 9.53. The zero-order valence-electron chi connectivity index (χ0n) is 23.9. The maximum Gasteiger partial charge on any atom is 0.338 e. The van der Waals surface area contributed by atoms with Crippen LogP contribution < -0.4 is 0 Å². The van der Waals surface area contributed by atoms with Crippen LogP contribution in [0.2, 0.25) is 0 Å². The Labute approximate surface area is 225 Å². The van der Waals surface area contributed by atoms with Gasteiger partial charge in [0.1, 0.15) is 6.10 Å². The van der Waals surface area contributed by atoms with Gasteiger partial charge in [-0.1, -0.05) is 83.7 Å². The van der Waals surface area contributed by atoms with E-state index in [0.29, 0.717) is 28.7 Å². The second-order valence-electron chi connectivity index (χ2n) is 14.1. The molecule has 1 N–H and O–H groups in total. The van der Waals surface area contributed by atoms with Crippen LogP contribution >= 0.6 is 0 Å². The molecule has 37 heavy (non-hydrogen) atoms. The average molecular weight is 507 g/mol. The highest BCUT2D eigenvalue weighted by Gasteiger charge is 2.61. The minimum absolute atomic E-state index is 0.0906. The van der Waals surface area contributed by atoms with Crippen molar-refractivity contribution >= 4 is 5.97 Å². The molecule has 1 aromatic rings. The SMILES string of the molecule is CC(C)CCCC(C)C1CCC2C3C(O)C=C4CC(OC(=O)c5ccccc5)CC[C@]4(C)C3CC[C@]12C. The molecule has 5 rings (SSSR count). The Kier molecular flexibility index (Phi) is 7.66. The van der Waals surface area contributed by atoms with Crippen molar-refractivity contribution < 1.29 is 14.6 Å². The first-order valence-corrected chi connectivity index (χ1v) is 15.3. The maximum atomic E-state index is 12.7. The number of ether oxygens (including phenoxy) is 1. The van der Waals surface area contributed by atoms with Gasteiger partial charge in [-0.25, -0.2) is 4.79 Å². The molecular weight excluding hydrogens is 456 g/mol. The van der Waals surface area contributed by atoms with Crippen LogP contribution in [-0.2, 0) is 4.74 Å². The molecule has 7 unspecified atom stereocenters. The number of aliphatic hydroxyl groups excluding tert-OH is 1. The lowest BCUT2D eigenvalue weighted by Crippen LogP contribution is -2.55. The highest BCUT2D eigenvalue weighted by atomic mass is 16.5. The van der Waals surface area contributed by atoms with Crippen LogP contribution in [0.1, 0.15) is 109 Å². The van der Waals surface area contributed by atoms with E-state index in [2.05, 4.69) is 40.7 Å². The molecule has 0 heterocycles. The molecule has 3 fully saturated rings. The maximum absolute atomic E-state index is 12.7. The van der Waals surface area contributed by atoms with Crippen LogP contribution in [0.15, 0.2) is 42.0 Å². The van der Waals surface area contributed by atoms with E-state index in [4.69, 9.17) is 4.74 Å². The van der Waals surface area contributed by atoms with Gasteiger partial charge in [-0.2, -0.15) is 0 Å². The Balaban J connectivity index is 1.29. The van der Waals surface area contributed by atoms with Gasteiger partial charge >= 0.3 is 5.97 Å². The van der Waals surface area contributed by atoms with E-state index in [-0.39, 0.29) is 23.6 Å². The van der Waals surface area contributed by atoms with E-state index >= 15 is 0 Å². The van der Waals surface area contributed by atoms with Gasteiger partial charge in [-0.3, -0.25) is 0 Å². The Morgan fingerprint density at radius 1 is 1.00 bits per heavy atom.